The van der Waals surface area contributed by atoms with Crippen LogP contribution in [0.2, 0.25) is 0 Å². The molecule has 0 bridgehead atoms. The summed E-state index contributed by atoms with van der Waals surface area (Å²) in [6.07, 6.45) is 3.40. The zero-order valence-electron chi connectivity index (χ0n) is 14.5. The summed E-state index contributed by atoms with van der Waals surface area (Å²) >= 11 is 0. The Morgan fingerprint density at radius 1 is 0.880 bits per heavy atom. The molecule has 1 amide bonds. The molecule has 1 heterocycles. The summed E-state index contributed by atoms with van der Waals surface area (Å²) in [5, 5.41) is 0. The number of nitrogens with zero attached hydrogens (tertiary/aromatic N) is 3. The summed E-state index contributed by atoms with van der Waals surface area (Å²) in [5.41, 5.74) is 3.40. The molecule has 3 rings (SSSR count). The lowest BCUT2D eigenvalue weighted by molar-refractivity contribution is 0.0992. The minimum Gasteiger partial charge on any atom is -0.340 e. The maximum Gasteiger partial charge on any atom is 0.259 e. The third kappa shape index (κ3) is 3.69. The number of para-hydroxylation sites is 2. The third-order valence-corrected chi connectivity index (χ3v) is 4.11. The minimum atomic E-state index is -0.0790. The van der Waals surface area contributed by atoms with Crippen LogP contribution in [0.3, 0.4) is 0 Å². The van der Waals surface area contributed by atoms with E-state index in [9.17, 15) is 4.79 Å². The van der Waals surface area contributed by atoms with Gasteiger partial charge >= 0.3 is 0 Å². The fourth-order valence-electron chi connectivity index (χ4n) is 2.78. The Kier molecular flexibility index (Phi) is 5.09. The fourth-order valence-corrected chi connectivity index (χ4v) is 2.78. The molecule has 0 aliphatic rings. The van der Waals surface area contributed by atoms with Gasteiger partial charge in [-0.3, -0.25) is 9.78 Å². The fraction of sp³-hybridized carbons (Fsp3) is 0.143. The highest BCUT2D eigenvalue weighted by molar-refractivity contribution is 6.06. The normalized spacial score (nSPS) is 10.3. The molecule has 0 fully saturated rings. The largest absolute Gasteiger partial charge is 0.340 e. The quantitative estimate of drug-likeness (QED) is 0.690. The van der Waals surface area contributed by atoms with Gasteiger partial charge in [0.25, 0.3) is 5.91 Å². The molecular weight excluding hydrogens is 310 g/mol. The van der Waals surface area contributed by atoms with Crippen molar-refractivity contribution in [3.8, 4) is 0 Å². The van der Waals surface area contributed by atoms with Crippen molar-refractivity contribution < 1.29 is 4.79 Å². The van der Waals surface area contributed by atoms with Crippen LogP contribution in [0.1, 0.15) is 17.3 Å². The van der Waals surface area contributed by atoms with Gasteiger partial charge in [0, 0.05) is 31.2 Å². The van der Waals surface area contributed by atoms with Crippen LogP contribution in [0.5, 0.6) is 0 Å². The Bertz CT molecular complexity index is 834. The number of carbonyl (C=O) groups excluding carboxylic acids is 1. The van der Waals surface area contributed by atoms with Crippen molar-refractivity contribution in [1.29, 1.82) is 0 Å². The molecule has 25 heavy (non-hydrogen) atoms. The van der Waals surface area contributed by atoms with Crippen LogP contribution in [0.15, 0.2) is 79.1 Å². The van der Waals surface area contributed by atoms with Crippen molar-refractivity contribution in [3.63, 3.8) is 0 Å². The first-order valence-corrected chi connectivity index (χ1v) is 8.31. The second-order valence-electron chi connectivity index (χ2n) is 5.71. The zero-order chi connectivity index (χ0) is 17.6. The number of benzene rings is 2. The Hall–Kier alpha value is -3.14. The number of pyridine rings is 1. The predicted molar refractivity (Wildman–Crippen MR) is 103 cm³/mol. The van der Waals surface area contributed by atoms with Crippen LogP contribution in [-0.4, -0.2) is 24.5 Å². The Balaban J connectivity index is 1.89. The predicted octanol–water partition coefficient (Wildman–Crippen LogP) is 4.52. The summed E-state index contributed by atoms with van der Waals surface area (Å²) in [7, 11) is 1.78. The lowest BCUT2D eigenvalue weighted by atomic mass is 10.2. The maximum absolute atomic E-state index is 12.8. The van der Waals surface area contributed by atoms with Gasteiger partial charge in [0.15, 0.2) is 0 Å². The SMILES string of the molecule is CCN(c1ccccc1)c1cncc(C(=O)N(C)c2ccccc2)c1. The van der Waals surface area contributed by atoms with E-state index in [1.807, 2.05) is 66.7 Å². The summed E-state index contributed by atoms with van der Waals surface area (Å²) < 4.78 is 0. The first-order chi connectivity index (χ1) is 12.2. The lowest BCUT2D eigenvalue weighted by Crippen LogP contribution is -2.26. The number of hydrogen-bond acceptors (Lipinski definition) is 3. The number of anilines is 3. The molecular formula is C21H21N3O. The van der Waals surface area contributed by atoms with Crippen LogP contribution < -0.4 is 9.80 Å². The molecule has 126 valence electrons. The van der Waals surface area contributed by atoms with E-state index >= 15 is 0 Å². The van der Waals surface area contributed by atoms with Crippen molar-refractivity contribution in [1.82, 2.24) is 4.98 Å². The van der Waals surface area contributed by atoms with Crippen LogP contribution >= 0.6 is 0 Å². The molecule has 0 N–H and O–H groups in total. The van der Waals surface area contributed by atoms with Crippen molar-refractivity contribution in [3.05, 3.63) is 84.7 Å². The summed E-state index contributed by atoms with van der Waals surface area (Å²) in [4.78, 5) is 20.9. The van der Waals surface area contributed by atoms with Crippen molar-refractivity contribution >= 4 is 23.0 Å². The monoisotopic (exact) mass is 331 g/mol. The molecule has 4 heteroatoms. The average molecular weight is 331 g/mol. The number of hydrogen-bond donors (Lipinski definition) is 0. The number of carbonyl (C=O) groups is 1. The molecule has 0 atom stereocenters. The second-order valence-corrected chi connectivity index (χ2v) is 5.71. The molecule has 0 unspecified atom stereocenters. The molecule has 0 radical (unpaired) electrons. The van der Waals surface area contributed by atoms with Crippen LogP contribution in [0.25, 0.3) is 0 Å². The topological polar surface area (TPSA) is 36.4 Å². The molecule has 0 saturated carbocycles. The second kappa shape index (κ2) is 7.62. The van der Waals surface area contributed by atoms with Crippen LogP contribution in [0, 0.1) is 0 Å². The van der Waals surface area contributed by atoms with Gasteiger partial charge in [-0.15, -0.1) is 0 Å². The molecule has 0 aliphatic carbocycles. The molecule has 3 aromatic rings. The highest BCUT2D eigenvalue weighted by Crippen LogP contribution is 2.25. The molecule has 0 aliphatic heterocycles. The first-order valence-electron chi connectivity index (χ1n) is 8.31. The van der Waals surface area contributed by atoms with E-state index in [1.54, 1.807) is 24.3 Å². The van der Waals surface area contributed by atoms with E-state index in [2.05, 4.69) is 16.8 Å². The molecule has 1 aromatic heterocycles. The maximum atomic E-state index is 12.8. The minimum absolute atomic E-state index is 0.0790. The zero-order valence-corrected chi connectivity index (χ0v) is 14.5. The molecule has 2 aromatic carbocycles. The average Bonchev–Trinajstić information content (AvgIpc) is 2.69. The van der Waals surface area contributed by atoms with Gasteiger partial charge in [-0.2, -0.15) is 0 Å². The van der Waals surface area contributed by atoms with Gasteiger partial charge in [-0.05, 0) is 37.3 Å². The van der Waals surface area contributed by atoms with E-state index in [1.165, 1.54) is 0 Å². The highest BCUT2D eigenvalue weighted by atomic mass is 16.2. The van der Waals surface area contributed by atoms with Crippen LogP contribution in [-0.2, 0) is 0 Å². The van der Waals surface area contributed by atoms with E-state index < -0.39 is 0 Å². The first kappa shape index (κ1) is 16.7. The van der Waals surface area contributed by atoms with Crippen molar-refractivity contribution in [2.24, 2.45) is 0 Å². The van der Waals surface area contributed by atoms with E-state index in [-0.39, 0.29) is 5.91 Å². The van der Waals surface area contributed by atoms with Gasteiger partial charge in [-0.25, -0.2) is 0 Å². The molecule has 0 saturated heterocycles. The standard InChI is InChI=1S/C21H21N3O/c1-3-24(19-12-8-5-9-13-19)20-14-17(15-22-16-20)21(25)23(2)18-10-6-4-7-11-18/h4-16H,3H2,1-2H3. The van der Waals surface area contributed by atoms with Gasteiger partial charge < -0.3 is 9.80 Å². The van der Waals surface area contributed by atoms with Crippen LogP contribution in [0.4, 0.5) is 17.1 Å². The van der Waals surface area contributed by atoms with E-state index in [0.29, 0.717) is 5.56 Å². The Morgan fingerprint density at radius 3 is 2.08 bits per heavy atom. The number of aromatic nitrogens is 1. The summed E-state index contributed by atoms with van der Waals surface area (Å²) in [6.45, 7) is 2.87. The lowest BCUT2D eigenvalue weighted by Gasteiger charge is -2.24. The third-order valence-electron chi connectivity index (χ3n) is 4.11. The van der Waals surface area contributed by atoms with Gasteiger partial charge in [-0.1, -0.05) is 36.4 Å². The van der Waals surface area contributed by atoms with Crippen molar-refractivity contribution in [2.75, 3.05) is 23.4 Å². The summed E-state index contributed by atoms with van der Waals surface area (Å²) in [5.74, 6) is -0.0790. The highest BCUT2D eigenvalue weighted by Gasteiger charge is 2.16. The molecule has 0 spiro atoms. The Morgan fingerprint density at radius 2 is 1.48 bits per heavy atom. The smallest absolute Gasteiger partial charge is 0.259 e. The van der Waals surface area contributed by atoms with Gasteiger partial charge in [0.05, 0.1) is 17.4 Å². The van der Waals surface area contributed by atoms with Crippen molar-refractivity contribution in [2.45, 2.75) is 6.92 Å². The number of amides is 1. The van der Waals surface area contributed by atoms with Gasteiger partial charge in [0.2, 0.25) is 0 Å². The number of rotatable bonds is 5. The van der Waals surface area contributed by atoms with E-state index in [0.717, 1.165) is 23.6 Å². The van der Waals surface area contributed by atoms with Gasteiger partial charge in [0.1, 0.15) is 0 Å². The summed E-state index contributed by atoms with van der Waals surface area (Å²) in [6, 6.07) is 21.6. The van der Waals surface area contributed by atoms with E-state index in [4.69, 9.17) is 0 Å². The molecule has 4 nitrogen and oxygen atoms in total. The Labute approximate surface area is 148 Å².